The summed E-state index contributed by atoms with van der Waals surface area (Å²) in [5.41, 5.74) is 3.22. The maximum Gasteiger partial charge on any atom is 0.252 e. The number of aromatic nitrogens is 1. The standard InChI is InChI=1S/C20H21FN2O2/c1-14-5-6-19-16(9-14)11-17(20(25)22-19)13-23(7-8-24)12-15-3-2-4-18(21)10-15/h2-6,9-11,24H,7-8,12-13H2,1H3,(H,22,25). The average Bonchev–Trinajstić information content (AvgIpc) is 2.56. The van der Waals surface area contributed by atoms with Crippen molar-refractivity contribution in [2.24, 2.45) is 0 Å². The molecule has 0 saturated carbocycles. The van der Waals surface area contributed by atoms with Gasteiger partial charge in [0.2, 0.25) is 0 Å². The van der Waals surface area contributed by atoms with E-state index in [-0.39, 0.29) is 18.0 Å². The van der Waals surface area contributed by atoms with Gasteiger partial charge in [0, 0.05) is 30.7 Å². The second-order valence-corrected chi connectivity index (χ2v) is 6.28. The lowest BCUT2D eigenvalue weighted by molar-refractivity contribution is 0.184. The van der Waals surface area contributed by atoms with Gasteiger partial charge in [-0.2, -0.15) is 0 Å². The Kier molecular flexibility index (Phi) is 5.26. The second-order valence-electron chi connectivity index (χ2n) is 6.28. The van der Waals surface area contributed by atoms with Crippen LogP contribution in [0.2, 0.25) is 0 Å². The summed E-state index contributed by atoms with van der Waals surface area (Å²) in [5, 5.41) is 10.3. The molecule has 130 valence electrons. The number of aromatic amines is 1. The molecule has 3 rings (SSSR count). The molecule has 0 unspecified atom stereocenters. The lowest BCUT2D eigenvalue weighted by Gasteiger charge is -2.21. The van der Waals surface area contributed by atoms with Gasteiger partial charge in [0.05, 0.1) is 6.61 Å². The first-order valence-electron chi connectivity index (χ1n) is 8.25. The third-order valence-corrected chi connectivity index (χ3v) is 4.18. The number of aliphatic hydroxyl groups is 1. The van der Waals surface area contributed by atoms with Crippen molar-refractivity contribution in [3.8, 4) is 0 Å². The number of hydrogen-bond donors (Lipinski definition) is 2. The molecule has 0 aliphatic rings. The Hall–Kier alpha value is -2.50. The topological polar surface area (TPSA) is 56.3 Å². The molecule has 3 aromatic rings. The van der Waals surface area contributed by atoms with Crippen molar-refractivity contribution in [2.45, 2.75) is 20.0 Å². The molecule has 5 heteroatoms. The normalized spacial score (nSPS) is 11.4. The molecule has 0 saturated heterocycles. The van der Waals surface area contributed by atoms with E-state index < -0.39 is 0 Å². The van der Waals surface area contributed by atoms with Gasteiger partial charge in [0.15, 0.2) is 0 Å². The van der Waals surface area contributed by atoms with E-state index in [1.165, 1.54) is 12.1 Å². The van der Waals surface area contributed by atoms with Gasteiger partial charge in [-0.25, -0.2) is 4.39 Å². The van der Waals surface area contributed by atoms with E-state index in [0.29, 0.717) is 25.2 Å². The van der Waals surface area contributed by atoms with E-state index >= 15 is 0 Å². The van der Waals surface area contributed by atoms with Crippen LogP contribution in [0.4, 0.5) is 4.39 Å². The first-order chi connectivity index (χ1) is 12.0. The Bertz CT molecular complexity index is 936. The highest BCUT2D eigenvalue weighted by atomic mass is 19.1. The predicted molar refractivity (Wildman–Crippen MR) is 96.9 cm³/mol. The molecule has 1 heterocycles. The number of hydrogen-bond acceptors (Lipinski definition) is 3. The van der Waals surface area contributed by atoms with Gasteiger partial charge in [-0.05, 0) is 48.2 Å². The highest BCUT2D eigenvalue weighted by Gasteiger charge is 2.11. The molecule has 0 radical (unpaired) electrons. The Morgan fingerprint density at radius 3 is 2.72 bits per heavy atom. The summed E-state index contributed by atoms with van der Waals surface area (Å²) >= 11 is 0. The molecule has 1 aromatic heterocycles. The summed E-state index contributed by atoms with van der Waals surface area (Å²) in [4.78, 5) is 17.2. The van der Waals surface area contributed by atoms with Crippen LogP contribution < -0.4 is 5.56 Å². The van der Waals surface area contributed by atoms with Crippen LogP contribution in [0.3, 0.4) is 0 Å². The van der Waals surface area contributed by atoms with Crippen molar-refractivity contribution < 1.29 is 9.50 Å². The molecular formula is C20H21FN2O2. The Balaban J connectivity index is 1.87. The predicted octanol–water partition coefficient (Wildman–Crippen LogP) is 2.97. The van der Waals surface area contributed by atoms with E-state index in [0.717, 1.165) is 22.0 Å². The van der Waals surface area contributed by atoms with Gasteiger partial charge in [0.1, 0.15) is 5.82 Å². The largest absolute Gasteiger partial charge is 0.395 e. The summed E-state index contributed by atoms with van der Waals surface area (Å²) < 4.78 is 13.4. The fourth-order valence-corrected chi connectivity index (χ4v) is 2.98. The van der Waals surface area contributed by atoms with Crippen LogP contribution in [0.5, 0.6) is 0 Å². The molecular weight excluding hydrogens is 319 g/mol. The number of benzene rings is 2. The summed E-state index contributed by atoms with van der Waals surface area (Å²) in [7, 11) is 0. The van der Waals surface area contributed by atoms with Gasteiger partial charge in [-0.15, -0.1) is 0 Å². The van der Waals surface area contributed by atoms with E-state index in [1.54, 1.807) is 6.07 Å². The molecule has 0 aliphatic heterocycles. The van der Waals surface area contributed by atoms with Crippen LogP contribution in [-0.2, 0) is 13.1 Å². The third kappa shape index (κ3) is 4.32. The molecule has 0 atom stereocenters. The van der Waals surface area contributed by atoms with Crippen LogP contribution >= 0.6 is 0 Å². The van der Waals surface area contributed by atoms with E-state index in [4.69, 9.17) is 0 Å². The van der Waals surface area contributed by atoms with Crippen molar-refractivity contribution in [3.63, 3.8) is 0 Å². The SMILES string of the molecule is Cc1ccc2[nH]c(=O)c(CN(CCO)Cc3cccc(F)c3)cc2c1. The highest BCUT2D eigenvalue weighted by Crippen LogP contribution is 2.15. The monoisotopic (exact) mass is 340 g/mol. The summed E-state index contributed by atoms with van der Waals surface area (Å²) in [6.07, 6.45) is 0. The molecule has 0 aliphatic carbocycles. The van der Waals surface area contributed by atoms with Gasteiger partial charge < -0.3 is 10.1 Å². The van der Waals surface area contributed by atoms with Gasteiger partial charge in [-0.1, -0.05) is 23.8 Å². The first kappa shape index (κ1) is 17.3. The zero-order valence-electron chi connectivity index (χ0n) is 14.1. The number of nitrogens with zero attached hydrogens (tertiary/aromatic N) is 1. The maximum atomic E-state index is 13.4. The molecule has 0 fully saturated rings. The summed E-state index contributed by atoms with van der Waals surface area (Å²) in [6, 6.07) is 14.1. The molecule has 2 aromatic carbocycles. The minimum atomic E-state index is -0.291. The molecule has 25 heavy (non-hydrogen) atoms. The van der Waals surface area contributed by atoms with Gasteiger partial charge in [0.25, 0.3) is 5.56 Å². The van der Waals surface area contributed by atoms with Crippen LogP contribution in [0.25, 0.3) is 10.9 Å². The molecule has 0 amide bonds. The number of pyridine rings is 1. The van der Waals surface area contributed by atoms with Crippen molar-refractivity contribution in [3.05, 3.63) is 81.4 Å². The van der Waals surface area contributed by atoms with Crippen molar-refractivity contribution in [1.29, 1.82) is 0 Å². The second kappa shape index (κ2) is 7.59. The smallest absolute Gasteiger partial charge is 0.252 e. The number of H-pyrrole nitrogens is 1. The van der Waals surface area contributed by atoms with Crippen LogP contribution in [0, 0.1) is 12.7 Å². The molecule has 0 spiro atoms. The average molecular weight is 340 g/mol. The van der Waals surface area contributed by atoms with Crippen molar-refractivity contribution in [2.75, 3.05) is 13.2 Å². The highest BCUT2D eigenvalue weighted by molar-refractivity contribution is 5.79. The van der Waals surface area contributed by atoms with Gasteiger partial charge >= 0.3 is 0 Å². The minimum Gasteiger partial charge on any atom is -0.395 e. The maximum absolute atomic E-state index is 13.4. The quantitative estimate of drug-likeness (QED) is 0.725. The lowest BCUT2D eigenvalue weighted by atomic mass is 10.1. The number of nitrogens with one attached hydrogen (secondary N) is 1. The van der Waals surface area contributed by atoms with Gasteiger partial charge in [-0.3, -0.25) is 9.69 Å². The fraction of sp³-hybridized carbons (Fsp3) is 0.250. The third-order valence-electron chi connectivity index (χ3n) is 4.18. The van der Waals surface area contributed by atoms with E-state index in [2.05, 4.69) is 4.98 Å². The summed E-state index contributed by atoms with van der Waals surface area (Å²) in [6.45, 7) is 3.23. The van der Waals surface area contributed by atoms with Crippen LogP contribution in [0.15, 0.2) is 53.3 Å². The number of aryl methyl sites for hydroxylation is 1. The summed E-state index contributed by atoms with van der Waals surface area (Å²) in [5.74, 6) is -0.291. The van der Waals surface area contributed by atoms with E-state index in [9.17, 15) is 14.3 Å². The van der Waals surface area contributed by atoms with E-state index in [1.807, 2.05) is 42.2 Å². The lowest BCUT2D eigenvalue weighted by Crippen LogP contribution is -2.29. The molecule has 2 N–H and O–H groups in total. The van der Waals surface area contributed by atoms with Crippen LogP contribution in [-0.4, -0.2) is 28.1 Å². The molecule has 0 bridgehead atoms. The Morgan fingerprint density at radius 1 is 1.12 bits per heavy atom. The van der Waals surface area contributed by atoms with Crippen molar-refractivity contribution >= 4 is 10.9 Å². The number of rotatable bonds is 6. The Labute approximate surface area is 145 Å². The van der Waals surface area contributed by atoms with Crippen LogP contribution in [0.1, 0.15) is 16.7 Å². The number of fused-ring (bicyclic) bond motifs is 1. The number of aliphatic hydroxyl groups excluding tert-OH is 1. The zero-order chi connectivity index (χ0) is 17.8. The zero-order valence-corrected chi connectivity index (χ0v) is 14.1. The van der Waals surface area contributed by atoms with Crippen molar-refractivity contribution in [1.82, 2.24) is 9.88 Å². The number of halogens is 1. The fourth-order valence-electron chi connectivity index (χ4n) is 2.98. The first-order valence-corrected chi connectivity index (χ1v) is 8.25. The minimum absolute atomic E-state index is 0.0279. The Morgan fingerprint density at radius 2 is 1.96 bits per heavy atom. The molecule has 4 nitrogen and oxygen atoms in total.